The molecule has 0 amide bonds. The molecule has 3 aromatic rings. The van der Waals surface area contributed by atoms with Gasteiger partial charge >= 0.3 is 0 Å². The first-order valence-corrected chi connectivity index (χ1v) is 7.36. The van der Waals surface area contributed by atoms with Crippen LogP contribution in [0.25, 0.3) is 5.78 Å². The van der Waals surface area contributed by atoms with E-state index in [1.54, 1.807) is 6.33 Å². The van der Waals surface area contributed by atoms with Crippen LogP contribution in [0.15, 0.2) is 30.6 Å². The lowest BCUT2D eigenvalue weighted by Gasteiger charge is -2.20. The number of nitrogens with one attached hydrogen (secondary N) is 1. The van der Waals surface area contributed by atoms with Gasteiger partial charge in [-0.1, -0.05) is 17.7 Å². The molecule has 0 fully saturated rings. The van der Waals surface area contributed by atoms with Crippen LogP contribution < -0.4 is 5.32 Å². The number of hydrogen-bond acceptors (Lipinski definition) is 4. The quantitative estimate of drug-likeness (QED) is 0.783. The van der Waals surface area contributed by atoms with Crippen LogP contribution in [0.1, 0.15) is 29.7 Å². The van der Waals surface area contributed by atoms with Crippen molar-refractivity contribution in [3.63, 3.8) is 0 Å². The molecule has 1 aliphatic carbocycles. The minimum atomic E-state index is 0.672. The average molecular weight is 279 g/mol. The minimum absolute atomic E-state index is 0.672. The van der Waals surface area contributed by atoms with E-state index in [1.165, 1.54) is 24.0 Å². The molecule has 21 heavy (non-hydrogen) atoms. The molecule has 2 aromatic heterocycles. The molecule has 2 heterocycles. The molecule has 1 aliphatic rings. The Morgan fingerprint density at radius 3 is 2.76 bits per heavy atom. The van der Waals surface area contributed by atoms with Crippen molar-refractivity contribution in [2.24, 2.45) is 0 Å². The van der Waals surface area contributed by atoms with E-state index in [-0.39, 0.29) is 0 Å². The molecular weight excluding hydrogens is 262 g/mol. The smallest absolute Gasteiger partial charge is 0.254 e. The van der Waals surface area contributed by atoms with Gasteiger partial charge in [0.15, 0.2) is 0 Å². The van der Waals surface area contributed by atoms with Gasteiger partial charge in [0, 0.05) is 11.3 Å². The summed E-state index contributed by atoms with van der Waals surface area (Å²) in [6.45, 7) is 2.09. The Balaban J connectivity index is 1.85. The third kappa shape index (κ3) is 2.14. The number of fused-ring (bicyclic) bond motifs is 2. The average Bonchev–Trinajstić information content (AvgIpc) is 2.97. The molecule has 106 valence electrons. The SMILES string of the molecule is Cc1ccc(Nc2c3c(nc4ncnn24)CCCC3)cc1. The second-order valence-electron chi connectivity index (χ2n) is 5.56. The van der Waals surface area contributed by atoms with E-state index in [0.29, 0.717) is 5.78 Å². The van der Waals surface area contributed by atoms with Crippen LogP contribution in [-0.2, 0) is 12.8 Å². The Kier molecular flexibility index (Phi) is 2.84. The molecular formula is C16H17N5. The van der Waals surface area contributed by atoms with Gasteiger partial charge in [-0.15, -0.1) is 0 Å². The molecule has 5 heteroatoms. The van der Waals surface area contributed by atoms with Crippen LogP contribution in [0.5, 0.6) is 0 Å². The molecule has 4 rings (SSSR count). The normalized spacial score (nSPS) is 14.1. The Labute approximate surface area is 123 Å². The van der Waals surface area contributed by atoms with E-state index < -0.39 is 0 Å². The first-order chi connectivity index (χ1) is 10.3. The van der Waals surface area contributed by atoms with Crippen molar-refractivity contribution in [3.8, 4) is 0 Å². The molecule has 0 saturated carbocycles. The third-order valence-corrected chi connectivity index (χ3v) is 4.02. The topological polar surface area (TPSA) is 55.1 Å². The maximum absolute atomic E-state index is 4.64. The summed E-state index contributed by atoms with van der Waals surface area (Å²) in [4.78, 5) is 8.89. The summed E-state index contributed by atoms with van der Waals surface area (Å²) in [5.41, 5.74) is 4.76. The van der Waals surface area contributed by atoms with Crippen LogP contribution in [0.2, 0.25) is 0 Å². The number of nitrogens with zero attached hydrogens (tertiary/aromatic N) is 4. The molecule has 1 aromatic carbocycles. The van der Waals surface area contributed by atoms with Gasteiger partial charge in [0.1, 0.15) is 12.1 Å². The lowest BCUT2D eigenvalue weighted by molar-refractivity contribution is 0.662. The maximum atomic E-state index is 4.64. The summed E-state index contributed by atoms with van der Waals surface area (Å²) < 4.78 is 1.81. The fraction of sp³-hybridized carbons (Fsp3) is 0.312. The molecule has 0 atom stereocenters. The third-order valence-electron chi connectivity index (χ3n) is 4.02. The van der Waals surface area contributed by atoms with Crippen LogP contribution in [-0.4, -0.2) is 19.6 Å². The first kappa shape index (κ1) is 12.3. The number of benzene rings is 1. The number of aryl methyl sites for hydroxylation is 2. The van der Waals surface area contributed by atoms with E-state index in [9.17, 15) is 0 Å². The fourth-order valence-corrected chi connectivity index (χ4v) is 2.89. The molecule has 0 bridgehead atoms. The molecule has 1 N–H and O–H groups in total. The Bertz CT molecular complexity index is 788. The van der Waals surface area contributed by atoms with Crippen molar-refractivity contribution < 1.29 is 0 Å². The molecule has 0 saturated heterocycles. The molecule has 0 spiro atoms. The zero-order chi connectivity index (χ0) is 14.2. The zero-order valence-electron chi connectivity index (χ0n) is 12.0. The summed E-state index contributed by atoms with van der Waals surface area (Å²) >= 11 is 0. The van der Waals surface area contributed by atoms with E-state index in [1.807, 2.05) is 4.52 Å². The van der Waals surface area contributed by atoms with Crippen molar-refractivity contribution in [2.75, 3.05) is 5.32 Å². The van der Waals surface area contributed by atoms with Crippen molar-refractivity contribution >= 4 is 17.3 Å². The van der Waals surface area contributed by atoms with E-state index >= 15 is 0 Å². The highest BCUT2D eigenvalue weighted by Crippen LogP contribution is 2.29. The van der Waals surface area contributed by atoms with Crippen molar-refractivity contribution in [1.29, 1.82) is 0 Å². The summed E-state index contributed by atoms with van der Waals surface area (Å²) in [7, 11) is 0. The predicted octanol–water partition coefficient (Wildman–Crippen LogP) is 3.06. The summed E-state index contributed by atoms with van der Waals surface area (Å²) in [5.74, 6) is 1.68. The fourth-order valence-electron chi connectivity index (χ4n) is 2.89. The lowest BCUT2D eigenvalue weighted by Crippen LogP contribution is -2.13. The highest BCUT2D eigenvalue weighted by Gasteiger charge is 2.19. The highest BCUT2D eigenvalue weighted by atomic mass is 15.4. The van der Waals surface area contributed by atoms with E-state index in [0.717, 1.165) is 30.0 Å². The monoisotopic (exact) mass is 279 g/mol. The van der Waals surface area contributed by atoms with Gasteiger partial charge in [-0.25, -0.2) is 4.98 Å². The van der Waals surface area contributed by atoms with Crippen molar-refractivity contribution in [1.82, 2.24) is 19.6 Å². The Hall–Kier alpha value is -2.43. The van der Waals surface area contributed by atoms with Crippen LogP contribution >= 0.6 is 0 Å². The molecule has 0 aliphatic heterocycles. The number of aromatic nitrogens is 4. The summed E-state index contributed by atoms with van der Waals surface area (Å²) in [6, 6.07) is 8.39. The van der Waals surface area contributed by atoms with Gasteiger partial charge in [0.25, 0.3) is 5.78 Å². The van der Waals surface area contributed by atoms with Gasteiger partial charge in [-0.3, -0.25) is 0 Å². The van der Waals surface area contributed by atoms with Gasteiger partial charge in [0.2, 0.25) is 0 Å². The van der Waals surface area contributed by atoms with Gasteiger partial charge in [-0.05, 0) is 44.7 Å². The number of hydrogen-bond donors (Lipinski definition) is 1. The number of rotatable bonds is 2. The summed E-state index contributed by atoms with van der Waals surface area (Å²) in [5, 5.41) is 7.83. The molecule has 0 radical (unpaired) electrons. The van der Waals surface area contributed by atoms with E-state index in [4.69, 9.17) is 0 Å². The standard InChI is InChI=1S/C16H17N5/c1-11-6-8-12(9-7-11)19-15-13-4-2-3-5-14(13)20-16-17-10-18-21(15)16/h6-10,19H,2-5H2,1H3. The minimum Gasteiger partial charge on any atom is -0.340 e. The Morgan fingerprint density at radius 1 is 1.10 bits per heavy atom. The van der Waals surface area contributed by atoms with Gasteiger partial charge in [-0.2, -0.15) is 14.6 Å². The second kappa shape index (κ2) is 4.84. The van der Waals surface area contributed by atoms with E-state index in [2.05, 4.69) is 51.6 Å². The van der Waals surface area contributed by atoms with Gasteiger partial charge in [0.05, 0.1) is 5.69 Å². The van der Waals surface area contributed by atoms with Crippen molar-refractivity contribution in [2.45, 2.75) is 32.6 Å². The predicted molar refractivity (Wildman–Crippen MR) is 81.9 cm³/mol. The first-order valence-electron chi connectivity index (χ1n) is 7.36. The van der Waals surface area contributed by atoms with Crippen LogP contribution in [0.3, 0.4) is 0 Å². The highest BCUT2D eigenvalue weighted by molar-refractivity contribution is 5.63. The zero-order valence-corrected chi connectivity index (χ0v) is 12.0. The largest absolute Gasteiger partial charge is 0.340 e. The van der Waals surface area contributed by atoms with Crippen molar-refractivity contribution in [3.05, 3.63) is 47.4 Å². The maximum Gasteiger partial charge on any atom is 0.254 e. The van der Waals surface area contributed by atoms with Crippen LogP contribution in [0, 0.1) is 6.92 Å². The summed E-state index contributed by atoms with van der Waals surface area (Å²) in [6.07, 6.45) is 6.05. The lowest BCUT2D eigenvalue weighted by atomic mass is 9.96. The Morgan fingerprint density at radius 2 is 1.90 bits per heavy atom. The molecule has 5 nitrogen and oxygen atoms in total. The number of anilines is 2. The van der Waals surface area contributed by atoms with Gasteiger partial charge < -0.3 is 5.32 Å². The van der Waals surface area contributed by atoms with Crippen LogP contribution in [0.4, 0.5) is 11.5 Å². The second-order valence-corrected chi connectivity index (χ2v) is 5.56. The molecule has 0 unspecified atom stereocenters.